The van der Waals surface area contributed by atoms with E-state index in [9.17, 15) is 23.1 Å². The molecule has 0 aliphatic carbocycles. The Morgan fingerprint density at radius 3 is 2.45 bits per heavy atom. The van der Waals surface area contributed by atoms with Crippen LogP contribution in [0.3, 0.4) is 0 Å². The number of benzene rings is 1. The highest BCUT2D eigenvalue weighted by atomic mass is 35.5. The normalized spacial score (nSPS) is 17.3. The highest BCUT2D eigenvalue weighted by Crippen LogP contribution is 2.41. The third-order valence-corrected chi connectivity index (χ3v) is 5.45. The molecule has 1 atom stereocenters. The predicted octanol–water partition coefficient (Wildman–Crippen LogP) is 2.87. The lowest BCUT2D eigenvalue weighted by molar-refractivity contribution is -0.272. The van der Waals surface area contributed by atoms with Gasteiger partial charge in [-0.3, -0.25) is 4.79 Å². The van der Waals surface area contributed by atoms with Crippen molar-refractivity contribution in [1.29, 1.82) is 0 Å². The van der Waals surface area contributed by atoms with Gasteiger partial charge in [0.15, 0.2) is 5.82 Å². The molecule has 0 radical (unpaired) electrons. The summed E-state index contributed by atoms with van der Waals surface area (Å²) in [6.07, 6.45) is -3.70. The van der Waals surface area contributed by atoms with E-state index >= 15 is 0 Å². The molecule has 1 unspecified atom stereocenters. The van der Waals surface area contributed by atoms with Crippen LogP contribution in [-0.2, 0) is 17.4 Å². The fraction of sp³-hybridized carbons (Fsp3) is 0.474. The molecule has 6 nitrogen and oxygen atoms in total. The molecule has 1 saturated heterocycles. The van der Waals surface area contributed by atoms with E-state index in [1.807, 2.05) is 24.0 Å². The second kappa shape index (κ2) is 7.87. The van der Waals surface area contributed by atoms with Crippen LogP contribution in [0, 0.1) is 6.92 Å². The number of hydrogen-bond donors (Lipinski definition) is 1. The van der Waals surface area contributed by atoms with Gasteiger partial charge in [0.2, 0.25) is 11.5 Å². The van der Waals surface area contributed by atoms with Crippen LogP contribution in [0.2, 0.25) is 5.02 Å². The SMILES string of the molecule is Cc1ccc(Cl)cc1N1CCN(C(=O)CC(O)(c2nccn2C)C(F)(F)F)CC1. The van der Waals surface area contributed by atoms with E-state index in [4.69, 9.17) is 11.6 Å². The lowest BCUT2D eigenvalue weighted by Gasteiger charge is -2.38. The molecule has 2 heterocycles. The summed E-state index contributed by atoms with van der Waals surface area (Å²) < 4.78 is 42.0. The monoisotopic (exact) mass is 430 g/mol. The molecule has 1 aromatic carbocycles. The minimum Gasteiger partial charge on any atom is -0.374 e. The van der Waals surface area contributed by atoms with Gasteiger partial charge in [-0.25, -0.2) is 4.98 Å². The van der Waals surface area contributed by atoms with Crippen molar-refractivity contribution in [3.8, 4) is 0 Å². The van der Waals surface area contributed by atoms with Gasteiger partial charge < -0.3 is 19.5 Å². The van der Waals surface area contributed by atoms with Gasteiger partial charge in [0.25, 0.3) is 0 Å². The zero-order chi connectivity index (χ0) is 21.4. The number of nitrogens with zero attached hydrogens (tertiary/aromatic N) is 4. The average Bonchev–Trinajstić information content (AvgIpc) is 3.09. The molecule has 1 fully saturated rings. The Morgan fingerprint density at radius 1 is 1.24 bits per heavy atom. The summed E-state index contributed by atoms with van der Waals surface area (Å²) in [4.78, 5) is 19.6. The molecule has 2 aromatic rings. The van der Waals surface area contributed by atoms with Crippen LogP contribution in [0.1, 0.15) is 17.8 Å². The van der Waals surface area contributed by atoms with Crippen molar-refractivity contribution in [3.05, 3.63) is 47.0 Å². The Kier molecular flexibility index (Phi) is 5.82. The first-order chi connectivity index (χ1) is 13.5. The Hall–Kier alpha value is -2.26. The van der Waals surface area contributed by atoms with E-state index in [0.29, 0.717) is 18.1 Å². The first-order valence-corrected chi connectivity index (χ1v) is 9.46. The first kappa shape index (κ1) is 21.4. The standard InChI is InChI=1S/C19H22ClF3N4O2/c1-13-3-4-14(20)11-15(13)26-7-9-27(10-8-26)16(28)12-18(29,19(21,22)23)17-24-5-6-25(17)2/h3-6,11,29H,7-10,12H2,1-2H3. The highest BCUT2D eigenvalue weighted by molar-refractivity contribution is 6.30. The number of rotatable bonds is 4. The van der Waals surface area contributed by atoms with Crippen LogP contribution < -0.4 is 4.90 Å². The maximum absolute atomic E-state index is 13.6. The number of imidazole rings is 1. The van der Waals surface area contributed by atoms with Crippen LogP contribution >= 0.6 is 11.6 Å². The highest BCUT2D eigenvalue weighted by Gasteiger charge is 2.59. The summed E-state index contributed by atoms with van der Waals surface area (Å²) in [6, 6.07) is 5.51. The first-order valence-electron chi connectivity index (χ1n) is 9.09. The van der Waals surface area contributed by atoms with Crippen molar-refractivity contribution in [1.82, 2.24) is 14.5 Å². The minimum atomic E-state index is -5.04. The Bertz CT molecular complexity index is 894. The number of carbonyl (C=O) groups is 1. The number of aliphatic hydroxyl groups is 1. The number of amides is 1. The van der Waals surface area contributed by atoms with Crippen LogP contribution in [-0.4, -0.2) is 57.8 Å². The van der Waals surface area contributed by atoms with E-state index in [-0.39, 0.29) is 13.1 Å². The van der Waals surface area contributed by atoms with Gasteiger partial charge >= 0.3 is 6.18 Å². The van der Waals surface area contributed by atoms with Gasteiger partial charge in [-0.15, -0.1) is 0 Å². The molecule has 10 heteroatoms. The van der Waals surface area contributed by atoms with E-state index in [1.54, 1.807) is 6.07 Å². The van der Waals surface area contributed by atoms with E-state index in [2.05, 4.69) is 4.98 Å². The third kappa shape index (κ3) is 4.20. The molecule has 1 aliphatic rings. The van der Waals surface area contributed by atoms with Crippen LogP contribution in [0.25, 0.3) is 0 Å². The molecule has 0 bridgehead atoms. The zero-order valence-corrected chi connectivity index (χ0v) is 16.8. The van der Waals surface area contributed by atoms with Gasteiger partial charge in [-0.1, -0.05) is 17.7 Å². The van der Waals surface area contributed by atoms with Crippen molar-refractivity contribution < 1.29 is 23.1 Å². The van der Waals surface area contributed by atoms with Gasteiger partial charge in [0, 0.05) is 56.3 Å². The van der Waals surface area contributed by atoms with Crippen LogP contribution in [0.5, 0.6) is 0 Å². The smallest absolute Gasteiger partial charge is 0.374 e. The number of halogens is 4. The van der Waals surface area contributed by atoms with E-state index in [0.717, 1.165) is 22.0 Å². The summed E-state index contributed by atoms with van der Waals surface area (Å²) in [5, 5.41) is 11.0. The molecule has 1 aliphatic heterocycles. The fourth-order valence-electron chi connectivity index (χ4n) is 3.52. The molecule has 3 rings (SSSR count). The number of anilines is 1. The second-order valence-electron chi connectivity index (χ2n) is 7.20. The number of piperazine rings is 1. The Balaban J connectivity index is 1.71. The molecule has 158 valence electrons. The van der Waals surface area contributed by atoms with Crippen molar-refractivity contribution in [2.75, 3.05) is 31.1 Å². The number of carbonyl (C=O) groups excluding carboxylic acids is 1. The Morgan fingerprint density at radius 2 is 1.90 bits per heavy atom. The van der Waals surface area contributed by atoms with Crippen LogP contribution in [0.15, 0.2) is 30.6 Å². The number of aryl methyl sites for hydroxylation is 2. The van der Waals surface area contributed by atoms with Gasteiger partial charge in [-0.2, -0.15) is 13.2 Å². The van der Waals surface area contributed by atoms with Crippen molar-refractivity contribution in [2.24, 2.45) is 7.05 Å². The van der Waals surface area contributed by atoms with Crippen molar-refractivity contribution in [2.45, 2.75) is 25.1 Å². The van der Waals surface area contributed by atoms with Crippen molar-refractivity contribution >= 4 is 23.2 Å². The van der Waals surface area contributed by atoms with Crippen molar-refractivity contribution in [3.63, 3.8) is 0 Å². The largest absolute Gasteiger partial charge is 0.425 e. The molecule has 0 spiro atoms. The third-order valence-electron chi connectivity index (χ3n) is 5.21. The number of aromatic nitrogens is 2. The Labute approximate surface area is 171 Å². The lowest BCUT2D eigenvalue weighted by atomic mass is 9.96. The molecule has 29 heavy (non-hydrogen) atoms. The van der Waals surface area contributed by atoms with Gasteiger partial charge in [-0.05, 0) is 24.6 Å². The van der Waals surface area contributed by atoms with E-state index < -0.39 is 29.9 Å². The van der Waals surface area contributed by atoms with Gasteiger partial charge in [0.1, 0.15) is 0 Å². The summed E-state index contributed by atoms with van der Waals surface area (Å²) >= 11 is 6.06. The topological polar surface area (TPSA) is 61.6 Å². The lowest BCUT2D eigenvalue weighted by Crippen LogP contribution is -2.53. The van der Waals surface area contributed by atoms with E-state index in [1.165, 1.54) is 18.1 Å². The molecular weight excluding hydrogens is 409 g/mol. The molecule has 1 aromatic heterocycles. The predicted molar refractivity (Wildman–Crippen MR) is 103 cm³/mol. The number of hydrogen-bond acceptors (Lipinski definition) is 4. The van der Waals surface area contributed by atoms with Gasteiger partial charge in [0.05, 0.1) is 6.42 Å². The summed E-state index contributed by atoms with van der Waals surface area (Å²) in [7, 11) is 1.34. The molecule has 0 saturated carbocycles. The average molecular weight is 431 g/mol. The zero-order valence-electron chi connectivity index (χ0n) is 16.1. The minimum absolute atomic E-state index is 0.249. The molecular formula is C19H22ClF3N4O2. The maximum atomic E-state index is 13.6. The van der Waals surface area contributed by atoms with Crippen LogP contribution in [0.4, 0.5) is 18.9 Å². The quantitative estimate of drug-likeness (QED) is 0.810. The second-order valence-corrected chi connectivity index (χ2v) is 7.63. The summed E-state index contributed by atoms with van der Waals surface area (Å²) in [5.74, 6) is -1.37. The summed E-state index contributed by atoms with van der Waals surface area (Å²) in [6.45, 7) is 3.36. The summed E-state index contributed by atoms with van der Waals surface area (Å²) in [5.41, 5.74) is -1.39. The molecule has 1 amide bonds. The molecule has 1 N–H and O–H groups in total. The maximum Gasteiger partial charge on any atom is 0.425 e. The fourth-order valence-corrected chi connectivity index (χ4v) is 3.69. The number of alkyl halides is 3.